The molecule has 6 heteroatoms. The van der Waals surface area contributed by atoms with Crippen molar-refractivity contribution in [3.8, 4) is 11.3 Å². The summed E-state index contributed by atoms with van der Waals surface area (Å²) in [7, 11) is 0. The standard InChI is InChI=1S/C25H21FN2OS2/c1-17(31-25-27-22(16-30-25)18-12-14-21(26)15-13-18)24(29)28-23(19-8-4-2-5-9-19)20-10-6-3-7-11-20/h2-17,23H,1H3,(H,28,29)/t17-/m1/s1. The fourth-order valence-corrected chi connectivity index (χ4v) is 5.16. The molecule has 4 aromatic rings. The van der Waals surface area contributed by atoms with Gasteiger partial charge in [-0.15, -0.1) is 11.3 Å². The number of hydrogen-bond acceptors (Lipinski definition) is 4. The number of amides is 1. The van der Waals surface area contributed by atoms with Crippen molar-refractivity contribution in [1.82, 2.24) is 10.3 Å². The van der Waals surface area contributed by atoms with Gasteiger partial charge in [0.25, 0.3) is 0 Å². The van der Waals surface area contributed by atoms with Crippen LogP contribution in [0.5, 0.6) is 0 Å². The van der Waals surface area contributed by atoms with Crippen LogP contribution in [0.1, 0.15) is 24.1 Å². The number of benzene rings is 3. The first kappa shape index (κ1) is 21.3. The molecule has 4 rings (SSSR count). The van der Waals surface area contributed by atoms with E-state index in [4.69, 9.17) is 0 Å². The quantitative estimate of drug-likeness (QED) is 0.336. The van der Waals surface area contributed by atoms with Gasteiger partial charge in [0.05, 0.1) is 17.0 Å². The molecule has 0 saturated carbocycles. The Bertz CT molecular complexity index is 1090. The molecular weight excluding hydrogens is 427 g/mol. The van der Waals surface area contributed by atoms with Crippen LogP contribution in [0.2, 0.25) is 0 Å². The first-order valence-corrected chi connectivity index (χ1v) is 11.6. The van der Waals surface area contributed by atoms with E-state index in [0.717, 1.165) is 26.7 Å². The van der Waals surface area contributed by atoms with Gasteiger partial charge in [0, 0.05) is 10.9 Å². The Morgan fingerprint density at radius 1 is 0.935 bits per heavy atom. The van der Waals surface area contributed by atoms with Crippen molar-refractivity contribution in [2.24, 2.45) is 0 Å². The van der Waals surface area contributed by atoms with Gasteiger partial charge in [0.15, 0.2) is 4.34 Å². The van der Waals surface area contributed by atoms with E-state index in [9.17, 15) is 9.18 Å². The predicted octanol–water partition coefficient (Wildman–Crippen LogP) is 6.34. The van der Waals surface area contributed by atoms with Crippen LogP contribution in [0, 0.1) is 5.82 Å². The third-order valence-corrected chi connectivity index (χ3v) is 6.89. The lowest BCUT2D eigenvalue weighted by Crippen LogP contribution is -2.34. The van der Waals surface area contributed by atoms with Crippen molar-refractivity contribution in [2.75, 3.05) is 0 Å². The van der Waals surface area contributed by atoms with E-state index in [1.54, 1.807) is 12.1 Å². The third kappa shape index (κ3) is 5.40. The molecule has 0 unspecified atom stereocenters. The van der Waals surface area contributed by atoms with E-state index in [0.29, 0.717) is 0 Å². The molecule has 3 nitrogen and oxygen atoms in total. The Morgan fingerprint density at radius 3 is 2.10 bits per heavy atom. The van der Waals surface area contributed by atoms with Crippen LogP contribution in [0.4, 0.5) is 4.39 Å². The summed E-state index contributed by atoms with van der Waals surface area (Å²) in [6.45, 7) is 1.88. The Labute approximate surface area is 189 Å². The molecule has 1 heterocycles. The highest BCUT2D eigenvalue weighted by Gasteiger charge is 2.22. The van der Waals surface area contributed by atoms with Gasteiger partial charge in [-0.25, -0.2) is 9.37 Å². The lowest BCUT2D eigenvalue weighted by molar-refractivity contribution is -0.120. The smallest absolute Gasteiger partial charge is 0.234 e. The van der Waals surface area contributed by atoms with Crippen molar-refractivity contribution in [2.45, 2.75) is 22.6 Å². The summed E-state index contributed by atoms with van der Waals surface area (Å²) in [5.74, 6) is -0.327. The Morgan fingerprint density at radius 2 is 1.52 bits per heavy atom. The second-order valence-electron chi connectivity index (χ2n) is 7.03. The maximum absolute atomic E-state index is 13.2. The largest absolute Gasteiger partial charge is 0.344 e. The summed E-state index contributed by atoms with van der Waals surface area (Å²) in [6.07, 6.45) is 0. The number of aromatic nitrogens is 1. The van der Waals surface area contributed by atoms with Crippen LogP contribution >= 0.6 is 23.1 Å². The second-order valence-corrected chi connectivity index (χ2v) is 9.47. The van der Waals surface area contributed by atoms with Crippen molar-refractivity contribution in [1.29, 1.82) is 0 Å². The van der Waals surface area contributed by atoms with Crippen molar-refractivity contribution < 1.29 is 9.18 Å². The van der Waals surface area contributed by atoms with Gasteiger partial charge in [-0.2, -0.15) is 0 Å². The minimum absolute atomic E-state index is 0.0544. The number of carbonyl (C=O) groups excluding carboxylic acids is 1. The number of thioether (sulfide) groups is 1. The number of halogens is 1. The molecule has 31 heavy (non-hydrogen) atoms. The van der Waals surface area contributed by atoms with Crippen LogP contribution in [0.3, 0.4) is 0 Å². The summed E-state index contributed by atoms with van der Waals surface area (Å²) < 4.78 is 14.0. The van der Waals surface area contributed by atoms with Crippen LogP contribution < -0.4 is 5.32 Å². The highest BCUT2D eigenvalue weighted by atomic mass is 32.2. The monoisotopic (exact) mass is 448 g/mol. The molecule has 0 bridgehead atoms. The first-order chi connectivity index (χ1) is 15.1. The summed E-state index contributed by atoms with van der Waals surface area (Å²) in [5, 5.41) is 4.80. The highest BCUT2D eigenvalue weighted by molar-refractivity contribution is 8.02. The van der Waals surface area contributed by atoms with Crippen LogP contribution in [-0.2, 0) is 4.79 Å². The van der Waals surface area contributed by atoms with Gasteiger partial charge in [0.1, 0.15) is 5.82 Å². The van der Waals surface area contributed by atoms with Gasteiger partial charge in [-0.05, 0) is 42.3 Å². The van der Waals surface area contributed by atoms with Gasteiger partial charge in [-0.3, -0.25) is 4.79 Å². The fraction of sp³-hybridized carbons (Fsp3) is 0.120. The normalized spacial score (nSPS) is 12.0. The third-order valence-electron chi connectivity index (χ3n) is 4.82. The first-order valence-electron chi connectivity index (χ1n) is 9.88. The maximum atomic E-state index is 13.2. The molecule has 156 valence electrons. The molecule has 0 aliphatic rings. The Kier molecular flexibility index (Phi) is 6.79. The number of thiazole rings is 1. The van der Waals surface area contributed by atoms with Gasteiger partial charge in [0.2, 0.25) is 5.91 Å². The lowest BCUT2D eigenvalue weighted by Gasteiger charge is -2.21. The molecule has 1 amide bonds. The number of nitrogens with one attached hydrogen (secondary N) is 1. The zero-order valence-electron chi connectivity index (χ0n) is 16.9. The van der Waals surface area contributed by atoms with Gasteiger partial charge < -0.3 is 5.32 Å². The molecule has 0 aliphatic heterocycles. The van der Waals surface area contributed by atoms with E-state index < -0.39 is 0 Å². The Hall–Kier alpha value is -2.96. The second kappa shape index (κ2) is 9.90. The molecule has 0 aliphatic carbocycles. The number of nitrogens with zero attached hydrogens (tertiary/aromatic N) is 1. The topological polar surface area (TPSA) is 42.0 Å². The van der Waals surface area contributed by atoms with Crippen LogP contribution in [-0.4, -0.2) is 16.1 Å². The summed E-state index contributed by atoms with van der Waals surface area (Å²) >= 11 is 2.91. The van der Waals surface area contributed by atoms with E-state index in [1.807, 2.05) is 73.0 Å². The van der Waals surface area contributed by atoms with Crippen molar-refractivity contribution >= 4 is 29.0 Å². The van der Waals surface area contributed by atoms with Crippen molar-refractivity contribution in [3.63, 3.8) is 0 Å². The molecule has 0 radical (unpaired) electrons. The Balaban J connectivity index is 1.46. The molecule has 0 saturated heterocycles. The van der Waals surface area contributed by atoms with Crippen LogP contribution in [0.15, 0.2) is 94.6 Å². The molecule has 0 fully saturated rings. The summed E-state index contributed by atoms with van der Waals surface area (Å²) in [6, 6.07) is 25.9. The number of rotatable bonds is 7. The minimum atomic E-state index is -0.317. The number of hydrogen-bond donors (Lipinski definition) is 1. The zero-order valence-corrected chi connectivity index (χ0v) is 18.5. The van der Waals surface area contributed by atoms with E-state index in [2.05, 4.69) is 10.3 Å². The average Bonchev–Trinajstić information content (AvgIpc) is 3.27. The predicted molar refractivity (Wildman–Crippen MR) is 126 cm³/mol. The lowest BCUT2D eigenvalue weighted by atomic mass is 9.98. The fourth-order valence-electron chi connectivity index (χ4n) is 3.18. The average molecular weight is 449 g/mol. The van der Waals surface area contributed by atoms with Gasteiger partial charge >= 0.3 is 0 Å². The number of carbonyl (C=O) groups is 1. The van der Waals surface area contributed by atoms with E-state index in [-0.39, 0.29) is 23.0 Å². The zero-order chi connectivity index (χ0) is 21.6. The molecule has 1 atom stereocenters. The molecule has 1 aromatic heterocycles. The van der Waals surface area contributed by atoms with Crippen molar-refractivity contribution in [3.05, 3.63) is 107 Å². The maximum Gasteiger partial charge on any atom is 0.234 e. The van der Waals surface area contributed by atoms with E-state index in [1.165, 1.54) is 35.2 Å². The molecule has 3 aromatic carbocycles. The molecule has 0 spiro atoms. The highest BCUT2D eigenvalue weighted by Crippen LogP contribution is 2.31. The molecule has 1 N–H and O–H groups in total. The van der Waals surface area contributed by atoms with Gasteiger partial charge in [-0.1, -0.05) is 72.4 Å². The summed E-state index contributed by atoms with van der Waals surface area (Å²) in [5.41, 5.74) is 3.71. The summed E-state index contributed by atoms with van der Waals surface area (Å²) in [4.78, 5) is 17.6. The molecular formula is C25H21FN2OS2. The minimum Gasteiger partial charge on any atom is -0.344 e. The van der Waals surface area contributed by atoms with Crippen LogP contribution in [0.25, 0.3) is 11.3 Å². The van der Waals surface area contributed by atoms with E-state index >= 15 is 0 Å². The SMILES string of the molecule is C[C@@H](Sc1nc(-c2ccc(F)cc2)cs1)C(=O)NC(c1ccccc1)c1ccccc1.